The second-order valence-corrected chi connectivity index (χ2v) is 9.02. The van der Waals surface area contributed by atoms with Crippen molar-refractivity contribution < 1.29 is 9.90 Å². The standard InChI is InChI=1S/C23H25N9O2/c1-23(2,3)32-21-18(20(24)25-12-26-21)19(30-32)14-5-4-13-10-16(27-15(13)11-14)22(34)28-17-6-7-31(29-17)8-9-33/h4-7,10-12,27,33H,8-9H2,1-3H3,(H2,24,25,26)(H,28,29,34). The number of anilines is 2. The minimum absolute atomic E-state index is 0.0273. The van der Waals surface area contributed by atoms with Crippen molar-refractivity contribution in [2.45, 2.75) is 32.9 Å². The van der Waals surface area contributed by atoms with E-state index in [9.17, 15) is 4.79 Å². The molecule has 0 saturated heterocycles. The van der Waals surface area contributed by atoms with Gasteiger partial charge in [-0.25, -0.2) is 14.6 Å². The number of benzene rings is 1. The summed E-state index contributed by atoms with van der Waals surface area (Å²) in [6.07, 6.45) is 3.14. The zero-order valence-corrected chi connectivity index (χ0v) is 19.1. The summed E-state index contributed by atoms with van der Waals surface area (Å²) in [5, 5.41) is 22.4. The molecular weight excluding hydrogens is 434 g/mol. The number of carbonyl (C=O) groups is 1. The number of hydrogen-bond acceptors (Lipinski definition) is 7. The first-order chi connectivity index (χ1) is 16.2. The van der Waals surface area contributed by atoms with Gasteiger partial charge in [-0.05, 0) is 32.9 Å². The van der Waals surface area contributed by atoms with Crippen LogP contribution in [0.5, 0.6) is 0 Å². The molecule has 0 radical (unpaired) electrons. The average Bonchev–Trinajstić information content (AvgIpc) is 3.50. The summed E-state index contributed by atoms with van der Waals surface area (Å²) in [4.78, 5) is 24.5. The Hall–Kier alpha value is -4.25. The van der Waals surface area contributed by atoms with Gasteiger partial charge in [-0.1, -0.05) is 12.1 Å². The summed E-state index contributed by atoms with van der Waals surface area (Å²) in [6.45, 7) is 6.48. The van der Waals surface area contributed by atoms with Crippen LogP contribution < -0.4 is 11.1 Å². The van der Waals surface area contributed by atoms with Gasteiger partial charge in [-0.2, -0.15) is 10.2 Å². The van der Waals surface area contributed by atoms with E-state index in [4.69, 9.17) is 15.9 Å². The Balaban J connectivity index is 1.51. The van der Waals surface area contributed by atoms with E-state index in [-0.39, 0.29) is 18.1 Å². The van der Waals surface area contributed by atoms with Gasteiger partial charge in [0.25, 0.3) is 5.91 Å². The Bertz CT molecular complexity index is 1520. The Labute approximate surface area is 194 Å². The molecule has 174 valence electrons. The molecule has 5 aromatic rings. The molecule has 0 fully saturated rings. The third-order valence-corrected chi connectivity index (χ3v) is 5.48. The molecule has 0 spiro atoms. The molecular formula is C23H25N9O2. The molecule has 1 amide bonds. The third-order valence-electron chi connectivity index (χ3n) is 5.48. The molecule has 11 nitrogen and oxygen atoms in total. The smallest absolute Gasteiger partial charge is 0.273 e. The lowest BCUT2D eigenvalue weighted by molar-refractivity contribution is 0.102. The number of aliphatic hydroxyl groups is 1. The van der Waals surface area contributed by atoms with Crippen LogP contribution >= 0.6 is 0 Å². The van der Waals surface area contributed by atoms with Crippen molar-refractivity contribution in [3.8, 4) is 11.3 Å². The number of rotatable bonds is 5. The maximum atomic E-state index is 12.7. The molecule has 0 unspecified atom stereocenters. The number of aromatic nitrogens is 7. The number of fused-ring (bicyclic) bond motifs is 2. The number of aromatic amines is 1. The maximum Gasteiger partial charge on any atom is 0.273 e. The van der Waals surface area contributed by atoms with Crippen molar-refractivity contribution in [2.75, 3.05) is 17.7 Å². The topological polar surface area (TPSA) is 153 Å². The number of nitrogens with one attached hydrogen (secondary N) is 2. The van der Waals surface area contributed by atoms with Crippen molar-refractivity contribution in [3.05, 3.63) is 48.5 Å². The van der Waals surface area contributed by atoms with Crippen LogP contribution in [0.3, 0.4) is 0 Å². The van der Waals surface area contributed by atoms with Gasteiger partial charge in [0.15, 0.2) is 11.5 Å². The molecule has 0 aliphatic rings. The number of nitrogen functional groups attached to an aromatic ring is 1. The largest absolute Gasteiger partial charge is 0.394 e. The van der Waals surface area contributed by atoms with Gasteiger partial charge in [0.05, 0.1) is 24.1 Å². The molecule has 4 heterocycles. The zero-order chi connectivity index (χ0) is 24.0. The summed E-state index contributed by atoms with van der Waals surface area (Å²) >= 11 is 0. The highest BCUT2D eigenvalue weighted by molar-refractivity contribution is 6.06. The normalized spacial score (nSPS) is 12.0. The Morgan fingerprint density at radius 2 is 2.00 bits per heavy atom. The van der Waals surface area contributed by atoms with Crippen molar-refractivity contribution in [1.29, 1.82) is 0 Å². The molecule has 4 aromatic heterocycles. The van der Waals surface area contributed by atoms with Gasteiger partial charge >= 0.3 is 0 Å². The number of nitrogens with zero attached hydrogens (tertiary/aromatic N) is 6. The molecule has 5 N–H and O–H groups in total. The summed E-state index contributed by atoms with van der Waals surface area (Å²) in [7, 11) is 0. The van der Waals surface area contributed by atoms with Crippen LogP contribution in [0.4, 0.5) is 11.6 Å². The molecule has 34 heavy (non-hydrogen) atoms. The summed E-state index contributed by atoms with van der Waals surface area (Å²) in [5.41, 5.74) is 9.27. The SMILES string of the molecule is CC(C)(C)n1nc(-c2ccc3cc(C(=O)Nc4ccn(CCO)n4)[nH]c3c2)c2c(N)ncnc21. The van der Waals surface area contributed by atoms with Crippen LogP contribution in [-0.4, -0.2) is 52.1 Å². The Kier molecular flexibility index (Phi) is 5.05. The number of amides is 1. The Morgan fingerprint density at radius 3 is 2.76 bits per heavy atom. The van der Waals surface area contributed by atoms with E-state index in [1.165, 1.54) is 6.33 Å². The van der Waals surface area contributed by atoms with E-state index >= 15 is 0 Å². The molecule has 11 heteroatoms. The lowest BCUT2D eigenvalue weighted by atomic mass is 10.1. The van der Waals surface area contributed by atoms with Crippen LogP contribution in [0.25, 0.3) is 33.2 Å². The first-order valence-corrected chi connectivity index (χ1v) is 10.8. The fraction of sp³-hybridized carbons (Fsp3) is 0.261. The second kappa shape index (κ2) is 7.96. The van der Waals surface area contributed by atoms with E-state index in [1.54, 1.807) is 23.0 Å². The predicted molar refractivity (Wildman–Crippen MR) is 129 cm³/mol. The fourth-order valence-electron chi connectivity index (χ4n) is 3.88. The molecule has 0 aliphatic heterocycles. The van der Waals surface area contributed by atoms with Crippen LogP contribution in [0, 0.1) is 0 Å². The van der Waals surface area contributed by atoms with Gasteiger partial charge in [-0.15, -0.1) is 0 Å². The summed E-state index contributed by atoms with van der Waals surface area (Å²) < 4.78 is 3.41. The summed E-state index contributed by atoms with van der Waals surface area (Å²) in [6, 6.07) is 9.26. The molecule has 0 atom stereocenters. The number of aliphatic hydroxyl groups excluding tert-OH is 1. The number of hydrogen-bond donors (Lipinski definition) is 4. The fourth-order valence-corrected chi connectivity index (χ4v) is 3.88. The monoisotopic (exact) mass is 459 g/mol. The van der Waals surface area contributed by atoms with Crippen LogP contribution in [0.2, 0.25) is 0 Å². The first kappa shape index (κ1) is 21.6. The lowest BCUT2D eigenvalue weighted by Gasteiger charge is -2.19. The second-order valence-electron chi connectivity index (χ2n) is 9.02. The first-order valence-electron chi connectivity index (χ1n) is 10.8. The number of nitrogens with two attached hydrogens (primary N) is 1. The Morgan fingerprint density at radius 1 is 1.18 bits per heavy atom. The molecule has 1 aromatic carbocycles. The maximum absolute atomic E-state index is 12.7. The van der Waals surface area contributed by atoms with E-state index in [2.05, 4.69) is 25.4 Å². The average molecular weight is 460 g/mol. The highest BCUT2D eigenvalue weighted by Gasteiger charge is 2.24. The van der Waals surface area contributed by atoms with Gasteiger partial charge in [0.2, 0.25) is 0 Å². The van der Waals surface area contributed by atoms with Crippen LogP contribution in [0.1, 0.15) is 31.3 Å². The highest BCUT2D eigenvalue weighted by Crippen LogP contribution is 2.34. The van der Waals surface area contributed by atoms with Crippen LogP contribution in [0.15, 0.2) is 42.9 Å². The number of H-pyrrole nitrogens is 1. The molecule has 0 aliphatic carbocycles. The lowest BCUT2D eigenvalue weighted by Crippen LogP contribution is -2.23. The van der Waals surface area contributed by atoms with Gasteiger partial charge in [-0.3, -0.25) is 9.48 Å². The number of carbonyl (C=O) groups excluding carboxylic acids is 1. The van der Waals surface area contributed by atoms with E-state index in [0.29, 0.717) is 40.6 Å². The zero-order valence-electron chi connectivity index (χ0n) is 19.1. The minimum Gasteiger partial charge on any atom is -0.394 e. The van der Waals surface area contributed by atoms with Crippen molar-refractivity contribution in [3.63, 3.8) is 0 Å². The van der Waals surface area contributed by atoms with E-state index in [1.807, 2.05) is 43.7 Å². The van der Waals surface area contributed by atoms with Gasteiger partial charge < -0.3 is 21.1 Å². The van der Waals surface area contributed by atoms with Gasteiger partial charge in [0, 0.05) is 28.7 Å². The summed E-state index contributed by atoms with van der Waals surface area (Å²) in [5.74, 6) is 0.461. The van der Waals surface area contributed by atoms with E-state index < -0.39 is 0 Å². The van der Waals surface area contributed by atoms with Crippen molar-refractivity contribution in [1.82, 2.24) is 34.5 Å². The van der Waals surface area contributed by atoms with Crippen molar-refractivity contribution in [2.24, 2.45) is 0 Å². The van der Waals surface area contributed by atoms with Crippen molar-refractivity contribution >= 4 is 39.5 Å². The van der Waals surface area contributed by atoms with Gasteiger partial charge in [0.1, 0.15) is 23.5 Å². The quantitative estimate of drug-likeness (QED) is 0.315. The molecule has 5 rings (SSSR count). The molecule has 0 bridgehead atoms. The predicted octanol–water partition coefficient (Wildman–Crippen LogP) is 2.75. The minimum atomic E-state index is -0.313. The van der Waals surface area contributed by atoms with E-state index in [0.717, 1.165) is 16.5 Å². The van der Waals surface area contributed by atoms with Crippen LogP contribution in [-0.2, 0) is 12.1 Å². The highest BCUT2D eigenvalue weighted by atomic mass is 16.3. The third kappa shape index (κ3) is 3.75. The molecule has 0 saturated carbocycles.